The molecule has 1 saturated carbocycles. The van der Waals surface area contributed by atoms with Gasteiger partial charge < -0.3 is 14.5 Å². The Morgan fingerprint density at radius 3 is 2.78 bits per heavy atom. The van der Waals surface area contributed by atoms with E-state index in [0.29, 0.717) is 19.1 Å². The third kappa shape index (κ3) is 2.92. The Bertz CT molecular complexity index is 590. The predicted octanol–water partition coefficient (Wildman–Crippen LogP) is 1.43. The van der Waals surface area contributed by atoms with Crippen LogP contribution in [-0.2, 0) is 9.53 Å². The highest BCUT2D eigenvalue weighted by atomic mass is 16.5. The van der Waals surface area contributed by atoms with Crippen molar-refractivity contribution >= 4 is 11.7 Å². The first kappa shape index (κ1) is 14.9. The number of amides is 1. The van der Waals surface area contributed by atoms with Gasteiger partial charge in [0.05, 0.1) is 12.5 Å². The van der Waals surface area contributed by atoms with Gasteiger partial charge in [-0.25, -0.2) is 9.97 Å². The Labute approximate surface area is 136 Å². The first-order valence-corrected chi connectivity index (χ1v) is 8.62. The molecule has 1 aromatic rings. The van der Waals surface area contributed by atoms with E-state index in [2.05, 4.69) is 20.9 Å². The van der Waals surface area contributed by atoms with Crippen LogP contribution >= 0.6 is 0 Å². The summed E-state index contributed by atoms with van der Waals surface area (Å²) in [5.41, 5.74) is 1.16. The van der Waals surface area contributed by atoms with Gasteiger partial charge in [-0.15, -0.1) is 0 Å². The molecule has 1 aromatic heterocycles. The van der Waals surface area contributed by atoms with E-state index in [4.69, 9.17) is 4.74 Å². The van der Waals surface area contributed by atoms with E-state index in [-0.39, 0.29) is 17.9 Å². The molecule has 2 atom stereocenters. The summed E-state index contributed by atoms with van der Waals surface area (Å²) in [5.74, 6) is 1.99. The summed E-state index contributed by atoms with van der Waals surface area (Å²) in [6.45, 7) is 2.95. The van der Waals surface area contributed by atoms with Gasteiger partial charge >= 0.3 is 0 Å². The SMILES string of the molecule is COCCN1C(=O)[C@H]2CC[C@@H]1CN(c1cc(C3CC3)ncn1)C2. The summed E-state index contributed by atoms with van der Waals surface area (Å²) in [4.78, 5) is 25.9. The third-order valence-electron chi connectivity index (χ3n) is 5.32. The molecule has 23 heavy (non-hydrogen) atoms. The number of aromatic nitrogens is 2. The summed E-state index contributed by atoms with van der Waals surface area (Å²) in [6.07, 6.45) is 6.23. The van der Waals surface area contributed by atoms with Crippen LogP contribution in [0.25, 0.3) is 0 Å². The number of rotatable bonds is 5. The van der Waals surface area contributed by atoms with E-state index in [9.17, 15) is 4.79 Å². The number of nitrogens with zero attached hydrogens (tertiary/aromatic N) is 4. The fourth-order valence-electron chi connectivity index (χ4n) is 3.85. The zero-order chi connectivity index (χ0) is 15.8. The number of carbonyl (C=O) groups excluding carboxylic acids is 1. The lowest BCUT2D eigenvalue weighted by atomic mass is 9.94. The number of ether oxygens (including phenoxy) is 1. The van der Waals surface area contributed by atoms with Gasteiger partial charge in [-0.3, -0.25) is 4.79 Å². The minimum atomic E-state index is 0.0879. The van der Waals surface area contributed by atoms with Gasteiger partial charge in [0.25, 0.3) is 0 Å². The minimum Gasteiger partial charge on any atom is -0.383 e. The van der Waals surface area contributed by atoms with E-state index < -0.39 is 0 Å². The molecular formula is C17H24N4O2. The number of fused-ring (bicyclic) bond motifs is 4. The molecule has 3 aliphatic heterocycles. The number of hydrogen-bond acceptors (Lipinski definition) is 5. The van der Waals surface area contributed by atoms with E-state index in [1.165, 1.54) is 12.8 Å². The minimum absolute atomic E-state index is 0.0879. The summed E-state index contributed by atoms with van der Waals surface area (Å²) >= 11 is 0. The molecule has 3 saturated heterocycles. The second-order valence-corrected chi connectivity index (χ2v) is 6.93. The maximum atomic E-state index is 12.7. The van der Waals surface area contributed by atoms with Crippen LogP contribution in [0, 0.1) is 5.92 Å². The van der Waals surface area contributed by atoms with Crippen LogP contribution in [-0.4, -0.2) is 60.2 Å². The molecule has 1 amide bonds. The van der Waals surface area contributed by atoms with Crippen LogP contribution < -0.4 is 4.90 Å². The number of methoxy groups -OCH3 is 1. The van der Waals surface area contributed by atoms with Crippen molar-refractivity contribution in [2.45, 2.75) is 37.6 Å². The molecular weight excluding hydrogens is 292 g/mol. The fraction of sp³-hybridized carbons (Fsp3) is 0.706. The Balaban J connectivity index is 1.55. The average molecular weight is 316 g/mol. The van der Waals surface area contributed by atoms with Gasteiger partial charge in [-0.05, 0) is 25.7 Å². The lowest BCUT2D eigenvalue weighted by molar-refractivity contribution is -0.140. The molecule has 0 N–H and O–H groups in total. The third-order valence-corrected chi connectivity index (χ3v) is 5.32. The molecule has 0 aromatic carbocycles. The topological polar surface area (TPSA) is 58.6 Å². The van der Waals surface area contributed by atoms with Gasteiger partial charge in [-0.1, -0.05) is 0 Å². The molecule has 4 fully saturated rings. The van der Waals surface area contributed by atoms with Crippen LogP contribution in [0.5, 0.6) is 0 Å². The first-order chi connectivity index (χ1) is 11.3. The van der Waals surface area contributed by atoms with Crippen LogP contribution in [0.15, 0.2) is 12.4 Å². The summed E-state index contributed by atoms with van der Waals surface area (Å²) in [5, 5.41) is 0. The molecule has 6 nitrogen and oxygen atoms in total. The van der Waals surface area contributed by atoms with Gasteiger partial charge in [0, 0.05) is 50.5 Å². The maximum Gasteiger partial charge on any atom is 0.227 e. The standard InChI is InChI=1S/C17H24N4O2/c1-23-7-6-21-14-5-4-13(17(21)22)9-20(10-14)16-8-15(12-2-3-12)18-11-19-16/h8,11-14H,2-7,9-10H2,1H3/t13-,14+/m0/s1. The summed E-state index contributed by atoms with van der Waals surface area (Å²) in [7, 11) is 1.69. The zero-order valence-corrected chi connectivity index (χ0v) is 13.6. The molecule has 4 heterocycles. The van der Waals surface area contributed by atoms with Crippen molar-refractivity contribution in [1.82, 2.24) is 14.9 Å². The van der Waals surface area contributed by atoms with Crippen LogP contribution in [0.3, 0.4) is 0 Å². The van der Waals surface area contributed by atoms with E-state index in [1.807, 2.05) is 4.90 Å². The second-order valence-electron chi connectivity index (χ2n) is 6.93. The summed E-state index contributed by atoms with van der Waals surface area (Å²) < 4.78 is 5.17. The van der Waals surface area contributed by atoms with Crippen LogP contribution in [0.1, 0.15) is 37.3 Å². The highest BCUT2D eigenvalue weighted by Crippen LogP contribution is 2.40. The van der Waals surface area contributed by atoms with Gasteiger partial charge in [0.2, 0.25) is 5.91 Å². The van der Waals surface area contributed by atoms with E-state index >= 15 is 0 Å². The molecule has 0 unspecified atom stereocenters. The van der Waals surface area contributed by atoms with Crippen molar-refractivity contribution in [3.63, 3.8) is 0 Å². The number of anilines is 1. The van der Waals surface area contributed by atoms with Crippen LogP contribution in [0.4, 0.5) is 5.82 Å². The van der Waals surface area contributed by atoms with E-state index in [0.717, 1.165) is 37.4 Å². The molecule has 0 spiro atoms. The first-order valence-electron chi connectivity index (χ1n) is 8.62. The van der Waals surface area contributed by atoms with Crippen molar-refractivity contribution in [2.75, 3.05) is 38.3 Å². The molecule has 2 bridgehead atoms. The van der Waals surface area contributed by atoms with Gasteiger partial charge in [0.1, 0.15) is 12.1 Å². The molecule has 124 valence electrons. The Morgan fingerprint density at radius 2 is 2.00 bits per heavy atom. The van der Waals surface area contributed by atoms with Gasteiger partial charge in [-0.2, -0.15) is 0 Å². The predicted molar refractivity (Wildman–Crippen MR) is 86.3 cm³/mol. The van der Waals surface area contributed by atoms with Crippen molar-refractivity contribution in [3.05, 3.63) is 18.1 Å². The van der Waals surface area contributed by atoms with Crippen LogP contribution in [0.2, 0.25) is 0 Å². The number of carbonyl (C=O) groups is 1. The van der Waals surface area contributed by atoms with Crippen molar-refractivity contribution in [2.24, 2.45) is 5.92 Å². The van der Waals surface area contributed by atoms with Gasteiger partial charge in [0.15, 0.2) is 0 Å². The highest BCUT2D eigenvalue weighted by molar-refractivity contribution is 5.81. The van der Waals surface area contributed by atoms with Crippen molar-refractivity contribution < 1.29 is 9.53 Å². The Hall–Kier alpha value is -1.69. The monoisotopic (exact) mass is 316 g/mol. The number of piperidine rings is 1. The zero-order valence-electron chi connectivity index (χ0n) is 13.6. The smallest absolute Gasteiger partial charge is 0.227 e. The molecule has 1 aliphatic carbocycles. The summed E-state index contributed by atoms with van der Waals surface area (Å²) in [6, 6.07) is 2.41. The molecule has 6 heteroatoms. The van der Waals surface area contributed by atoms with E-state index in [1.54, 1.807) is 13.4 Å². The Kier molecular flexibility index (Phi) is 3.93. The highest BCUT2D eigenvalue weighted by Gasteiger charge is 2.40. The fourth-order valence-corrected chi connectivity index (χ4v) is 3.85. The maximum absolute atomic E-state index is 12.7. The molecule has 0 radical (unpaired) electrons. The molecule has 5 rings (SSSR count). The van der Waals surface area contributed by atoms with Crippen molar-refractivity contribution in [1.29, 1.82) is 0 Å². The largest absolute Gasteiger partial charge is 0.383 e. The average Bonchev–Trinajstić information content (AvgIpc) is 3.42. The molecule has 4 aliphatic rings. The lowest BCUT2D eigenvalue weighted by Crippen LogP contribution is -2.49. The number of hydrogen-bond donors (Lipinski definition) is 0. The lowest BCUT2D eigenvalue weighted by Gasteiger charge is -2.35. The quantitative estimate of drug-likeness (QED) is 0.822. The Morgan fingerprint density at radius 1 is 1.17 bits per heavy atom. The normalized spacial score (nSPS) is 27.4. The second kappa shape index (κ2) is 6.07. The van der Waals surface area contributed by atoms with Crippen molar-refractivity contribution in [3.8, 4) is 0 Å².